The standard InChI is InChI=1S/C18H19BrN2O4S/c1-17(7-23-8-17)9-25-15-12(19)2-3-13(21-15)14(22)6-18(10-24-11-18)16-20-4-5-26-16/h2-5H,6-11H2,1H3. The minimum Gasteiger partial charge on any atom is -0.476 e. The molecule has 4 heterocycles. The molecule has 26 heavy (non-hydrogen) atoms. The van der Waals surface area contributed by atoms with Crippen LogP contribution in [0.5, 0.6) is 5.88 Å². The molecule has 2 saturated heterocycles. The Morgan fingerprint density at radius 1 is 1.31 bits per heavy atom. The Kier molecular flexibility index (Phi) is 4.85. The van der Waals surface area contributed by atoms with Crippen molar-refractivity contribution in [2.24, 2.45) is 5.41 Å². The summed E-state index contributed by atoms with van der Waals surface area (Å²) >= 11 is 5.01. The first-order chi connectivity index (χ1) is 12.5. The van der Waals surface area contributed by atoms with Crippen LogP contribution in [-0.2, 0) is 14.9 Å². The summed E-state index contributed by atoms with van der Waals surface area (Å²) in [5, 5.41) is 2.87. The predicted molar refractivity (Wildman–Crippen MR) is 99.9 cm³/mol. The number of aromatic nitrogens is 2. The molecule has 0 spiro atoms. The maximum atomic E-state index is 12.8. The number of Topliss-reactive ketones (excluding diaryl/α,β-unsaturated/α-hetero) is 1. The van der Waals surface area contributed by atoms with Gasteiger partial charge in [-0.25, -0.2) is 9.97 Å². The van der Waals surface area contributed by atoms with Crippen LogP contribution in [-0.4, -0.2) is 48.8 Å². The van der Waals surface area contributed by atoms with Crippen LogP contribution in [0.3, 0.4) is 0 Å². The van der Waals surface area contributed by atoms with E-state index in [0.717, 1.165) is 9.48 Å². The molecule has 0 atom stereocenters. The summed E-state index contributed by atoms with van der Waals surface area (Å²) in [6, 6.07) is 3.53. The zero-order valence-corrected chi connectivity index (χ0v) is 16.8. The Bertz CT molecular complexity index is 804. The van der Waals surface area contributed by atoms with Gasteiger partial charge in [0.1, 0.15) is 10.7 Å². The third kappa shape index (κ3) is 3.43. The van der Waals surface area contributed by atoms with E-state index < -0.39 is 0 Å². The Balaban J connectivity index is 1.48. The minimum atomic E-state index is -0.322. The number of halogens is 1. The number of ether oxygens (including phenoxy) is 3. The molecule has 2 aromatic rings. The first kappa shape index (κ1) is 18.0. The first-order valence-corrected chi connectivity index (χ1v) is 10.1. The van der Waals surface area contributed by atoms with Crippen LogP contribution in [0.25, 0.3) is 0 Å². The second-order valence-corrected chi connectivity index (χ2v) is 9.03. The Morgan fingerprint density at radius 2 is 2.08 bits per heavy atom. The number of carbonyl (C=O) groups is 1. The molecular formula is C18H19BrN2O4S. The van der Waals surface area contributed by atoms with Crippen molar-refractivity contribution < 1.29 is 19.0 Å². The summed E-state index contributed by atoms with van der Waals surface area (Å²) in [5.41, 5.74) is 0.0953. The molecule has 2 aliphatic heterocycles. The van der Waals surface area contributed by atoms with Gasteiger partial charge in [-0.05, 0) is 28.1 Å². The maximum Gasteiger partial charge on any atom is 0.228 e. The van der Waals surface area contributed by atoms with E-state index in [1.54, 1.807) is 23.6 Å². The Labute approximate surface area is 164 Å². The fourth-order valence-electron chi connectivity index (χ4n) is 2.99. The molecular weight excluding hydrogens is 420 g/mol. The molecule has 2 aliphatic rings. The van der Waals surface area contributed by atoms with Crippen LogP contribution in [0.4, 0.5) is 0 Å². The van der Waals surface area contributed by atoms with Gasteiger partial charge < -0.3 is 14.2 Å². The zero-order chi connectivity index (χ0) is 18.2. The van der Waals surface area contributed by atoms with Crippen molar-refractivity contribution in [3.63, 3.8) is 0 Å². The average Bonchev–Trinajstić information content (AvgIpc) is 3.10. The summed E-state index contributed by atoms with van der Waals surface area (Å²) in [5.74, 6) is 0.413. The van der Waals surface area contributed by atoms with E-state index in [4.69, 9.17) is 14.2 Å². The Hall–Kier alpha value is -1.35. The summed E-state index contributed by atoms with van der Waals surface area (Å²) < 4.78 is 17.2. The van der Waals surface area contributed by atoms with Crippen molar-refractivity contribution in [1.29, 1.82) is 0 Å². The summed E-state index contributed by atoms with van der Waals surface area (Å²) in [4.78, 5) is 21.7. The van der Waals surface area contributed by atoms with Crippen LogP contribution in [0.2, 0.25) is 0 Å². The molecule has 0 aliphatic carbocycles. The third-order valence-electron chi connectivity index (χ3n) is 4.70. The first-order valence-electron chi connectivity index (χ1n) is 8.38. The van der Waals surface area contributed by atoms with Gasteiger partial charge in [0.15, 0.2) is 5.78 Å². The summed E-state index contributed by atoms with van der Waals surface area (Å²) in [6.07, 6.45) is 2.10. The molecule has 4 rings (SSSR count). The third-order valence-corrected chi connectivity index (χ3v) is 6.32. The van der Waals surface area contributed by atoms with Crippen molar-refractivity contribution in [3.05, 3.63) is 38.9 Å². The fourth-order valence-corrected chi connectivity index (χ4v) is 4.14. The topological polar surface area (TPSA) is 70.5 Å². The van der Waals surface area contributed by atoms with Gasteiger partial charge in [0.2, 0.25) is 5.88 Å². The number of pyridine rings is 1. The largest absolute Gasteiger partial charge is 0.476 e. The van der Waals surface area contributed by atoms with Crippen LogP contribution >= 0.6 is 27.3 Å². The smallest absolute Gasteiger partial charge is 0.228 e. The van der Waals surface area contributed by atoms with Gasteiger partial charge in [0, 0.05) is 23.4 Å². The predicted octanol–water partition coefficient (Wildman–Crippen LogP) is 3.26. The van der Waals surface area contributed by atoms with E-state index >= 15 is 0 Å². The van der Waals surface area contributed by atoms with Crippen LogP contribution < -0.4 is 4.74 Å². The van der Waals surface area contributed by atoms with Crippen LogP contribution in [0.15, 0.2) is 28.2 Å². The molecule has 0 aromatic carbocycles. The molecule has 0 unspecified atom stereocenters. The maximum absolute atomic E-state index is 12.8. The molecule has 0 saturated carbocycles. The molecule has 0 amide bonds. The molecule has 0 radical (unpaired) electrons. The second-order valence-electron chi connectivity index (χ2n) is 7.29. The van der Waals surface area contributed by atoms with Crippen molar-refractivity contribution in [2.45, 2.75) is 18.8 Å². The molecule has 0 N–H and O–H groups in total. The van der Waals surface area contributed by atoms with Crippen molar-refractivity contribution in [2.75, 3.05) is 33.0 Å². The minimum absolute atomic E-state index is 0.0132. The van der Waals surface area contributed by atoms with Gasteiger partial charge in [-0.2, -0.15) is 0 Å². The van der Waals surface area contributed by atoms with Gasteiger partial charge in [0.25, 0.3) is 0 Å². The van der Waals surface area contributed by atoms with Crippen LogP contribution in [0, 0.1) is 5.41 Å². The normalized spacial score (nSPS) is 20.1. The SMILES string of the molecule is CC1(COc2nc(C(=O)CC3(c4nccs4)COC3)ccc2Br)COC1. The van der Waals surface area contributed by atoms with Crippen molar-refractivity contribution >= 4 is 33.0 Å². The lowest BCUT2D eigenvalue weighted by Gasteiger charge is -2.39. The van der Waals surface area contributed by atoms with E-state index in [1.165, 1.54) is 0 Å². The van der Waals surface area contributed by atoms with E-state index in [1.807, 2.05) is 11.4 Å². The van der Waals surface area contributed by atoms with Crippen LogP contribution in [0.1, 0.15) is 28.8 Å². The van der Waals surface area contributed by atoms with Gasteiger partial charge in [-0.1, -0.05) is 6.92 Å². The van der Waals surface area contributed by atoms with E-state index in [0.29, 0.717) is 51.0 Å². The summed E-state index contributed by atoms with van der Waals surface area (Å²) in [6.45, 7) is 5.01. The summed E-state index contributed by atoms with van der Waals surface area (Å²) in [7, 11) is 0. The number of thiazole rings is 1. The Morgan fingerprint density at radius 3 is 2.65 bits per heavy atom. The molecule has 2 fully saturated rings. The fraction of sp³-hybridized carbons (Fsp3) is 0.500. The zero-order valence-electron chi connectivity index (χ0n) is 14.4. The number of ketones is 1. The van der Waals surface area contributed by atoms with Crippen molar-refractivity contribution in [3.8, 4) is 5.88 Å². The number of rotatable bonds is 7. The molecule has 8 heteroatoms. The number of hydrogen-bond acceptors (Lipinski definition) is 7. The van der Waals surface area contributed by atoms with E-state index in [9.17, 15) is 4.79 Å². The van der Waals surface area contributed by atoms with Gasteiger partial charge in [0.05, 0.1) is 42.9 Å². The second kappa shape index (κ2) is 6.99. The lowest BCUT2D eigenvalue weighted by atomic mass is 9.81. The van der Waals surface area contributed by atoms with Crippen molar-refractivity contribution in [1.82, 2.24) is 9.97 Å². The highest BCUT2D eigenvalue weighted by Gasteiger charge is 2.44. The van der Waals surface area contributed by atoms with E-state index in [-0.39, 0.29) is 16.6 Å². The van der Waals surface area contributed by atoms with E-state index in [2.05, 4.69) is 32.8 Å². The highest BCUT2D eigenvalue weighted by molar-refractivity contribution is 9.10. The number of nitrogens with zero attached hydrogens (tertiary/aromatic N) is 2. The number of carbonyl (C=O) groups excluding carboxylic acids is 1. The van der Waals surface area contributed by atoms with Gasteiger partial charge >= 0.3 is 0 Å². The molecule has 6 nitrogen and oxygen atoms in total. The number of hydrogen-bond donors (Lipinski definition) is 0. The van der Waals surface area contributed by atoms with Gasteiger partial charge in [-0.15, -0.1) is 11.3 Å². The monoisotopic (exact) mass is 438 g/mol. The molecule has 138 valence electrons. The molecule has 0 bridgehead atoms. The molecule has 2 aromatic heterocycles. The highest BCUT2D eigenvalue weighted by Crippen LogP contribution is 2.38. The van der Waals surface area contributed by atoms with Gasteiger partial charge in [-0.3, -0.25) is 4.79 Å². The lowest BCUT2D eigenvalue weighted by molar-refractivity contribution is -0.120. The average molecular weight is 439 g/mol. The lowest BCUT2D eigenvalue weighted by Crippen LogP contribution is -2.48. The highest BCUT2D eigenvalue weighted by atomic mass is 79.9. The quantitative estimate of drug-likeness (QED) is 0.617.